The van der Waals surface area contributed by atoms with Crippen LogP contribution in [0.2, 0.25) is 0 Å². The van der Waals surface area contributed by atoms with E-state index in [2.05, 4.69) is 33.0 Å². The maximum Gasteiger partial charge on any atom is 0.258 e. The number of hydrogen-bond donors (Lipinski definition) is 4. The summed E-state index contributed by atoms with van der Waals surface area (Å²) >= 11 is 0. The number of nitrogens with one attached hydrogen (secondary N) is 3. The van der Waals surface area contributed by atoms with Crippen molar-refractivity contribution < 1.29 is 9.59 Å². The molecule has 7 heteroatoms. The summed E-state index contributed by atoms with van der Waals surface area (Å²) in [6, 6.07) is 22.9. The minimum atomic E-state index is -0.287. The second-order valence-corrected chi connectivity index (χ2v) is 8.10. The van der Waals surface area contributed by atoms with E-state index in [1.165, 1.54) is 5.56 Å². The van der Waals surface area contributed by atoms with Crippen molar-refractivity contribution in [1.82, 2.24) is 10.2 Å². The first-order valence-corrected chi connectivity index (χ1v) is 10.7. The predicted molar refractivity (Wildman–Crippen MR) is 132 cm³/mol. The van der Waals surface area contributed by atoms with E-state index in [1.807, 2.05) is 56.6 Å². The minimum Gasteiger partial charge on any atom is -0.354 e. The highest BCUT2D eigenvalue weighted by atomic mass is 16.2. The highest BCUT2D eigenvalue weighted by molar-refractivity contribution is 6.37. The van der Waals surface area contributed by atoms with E-state index < -0.39 is 0 Å². The standard InChI is InChI=1S/C26H27N5O2/c1-31(2)15-17-8-11-20(12-9-17)29-24(18-6-4-3-5-7-18)23-21-14-19(25(32)28-16-27)10-13-22(21)30-26(23)33/h3-14,29H,15-16,27H2,1-2H3,(H,28,32)(H,30,33). The molecular formula is C26H27N5O2. The first-order valence-electron chi connectivity index (χ1n) is 10.7. The second-order valence-electron chi connectivity index (χ2n) is 8.10. The molecule has 0 saturated heterocycles. The van der Waals surface area contributed by atoms with Crippen LogP contribution in [0, 0.1) is 0 Å². The first-order chi connectivity index (χ1) is 16.0. The molecule has 2 amide bonds. The lowest BCUT2D eigenvalue weighted by Crippen LogP contribution is -2.29. The first kappa shape index (κ1) is 22.3. The zero-order valence-electron chi connectivity index (χ0n) is 18.7. The third kappa shape index (κ3) is 4.95. The molecule has 0 radical (unpaired) electrons. The Kier molecular flexibility index (Phi) is 6.53. The lowest BCUT2D eigenvalue weighted by atomic mass is 9.98. The normalized spacial score (nSPS) is 14.0. The molecule has 0 saturated carbocycles. The number of nitrogens with zero attached hydrogens (tertiary/aromatic N) is 1. The van der Waals surface area contributed by atoms with E-state index in [0.717, 1.165) is 17.8 Å². The van der Waals surface area contributed by atoms with Crippen molar-refractivity contribution in [2.75, 3.05) is 31.4 Å². The Labute approximate surface area is 193 Å². The number of carbonyl (C=O) groups excluding carboxylic acids is 2. The molecule has 5 N–H and O–H groups in total. The molecule has 0 aliphatic carbocycles. The van der Waals surface area contributed by atoms with Gasteiger partial charge in [0.2, 0.25) is 0 Å². The van der Waals surface area contributed by atoms with Gasteiger partial charge in [-0.15, -0.1) is 0 Å². The van der Waals surface area contributed by atoms with Gasteiger partial charge in [0.1, 0.15) is 0 Å². The zero-order valence-corrected chi connectivity index (χ0v) is 18.7. The average molecular weight is 442 g/mol. The van der Waals surface area contributed by atoms with Crippen LogP contribution in [0.15, 0.2) is 72.8 Å². The van der Waals surface area contributed by atoms with Crippen molar-refractivity contribution >= 4 is 34.5 Å². The maximum absolute atomic E-state index is 13.1. The van der Waals surface area contributed by atoms with Gasteiger partial charge in [-0.25, -0.2) is 0 Å². The van der Waals surface area contributed by atoms with Crippen LogP contribution in [0.25, 0.3) is 11.3 Å². The fourth-order valence-electron chi connectivity index (χ4n) is 3.84. The Morgan fingerprint density at radius 1 is 0.970 bits per heavy atom. The van der Waals surface area contributed by atoms with E-state index >= 15 is 0 Å². The smallest absolute Gasteiger partial charge is 0.258 e. The van der Waals surface area contributed by atoms with Crippen molar-refractivity contribution in [1.29, 1.82) is 0 Å². The molecule has 0 spiro atoms. The molecule has 1 heterocycles. The fraction of sp³-hybridized carbons (Fsp3) is 0.154. The quantitative estimate of drug-likeness (QED) is 0.333. The van der Waals surface area contributed by atoms with Gasteiger partial charge in [0.15, 0.2) is 0 Å². The number of fused-ring (bicyclic) bond motifs is 1. The summed E-state index contributed by atoms with van der Waals surface area (Å²) in [6.45, 7) is 0.882. The molecule has 0 atom stereocenters. The number of benzene rings is 3. The van der Waals surface area contributed by atoms with E-state index in [-0.39, 0.29) is 18.5 Å². The van der Waals surface area contributed by atoms with E-state index in [9.17, 15) is 9.59 Å². The lowest BCUT2D eigenvalue weighted by molar-refractivity contribution is -0.110. The van der Waals surface area contributed by atoms with Gasteiger partial charge in [-0.2, -0.15) is 0 Å². The molecule has 0 unspecified atom stereocenters. The number of hydrogen-bond acceptors (Lipinski definition) is 5. The lowest BCUT2D eigenvalue weighted by Gasteiger charge is -2.16. The molecule has 33 heavy (non-hydrogen) atoms. The molecule has 0 fully saturated rings. The van der Waals surface area contributed by atoms with Crippen molar-refractivity contribution in [3.05, 3.63) is 95.1 Å². The van der Waals surface area contributed by atoms with Gasteiger partial charge in [0.25, 0.3) is 11.8 Å². The minimum absolute atomic E-state index is 0.0381. The van der Waals surface area contributed by atoms with Crippen LogP contribution in [0.4, 0.5) is 11.4 Å². The third-order valence-electron chi connectivity index (χ3n) is 5.32. The van der Waals surface area contributed by atoms with Crippen LogP contribution in [-0.4, -0.2) is 37.5 Å². The Hall–Kier alpha value is -3.94. The molecule has 168 valence electrons. The monoisotopic (exact) mass is 441 g/mol. The molecule has 7 nitrogen and oxygen atoms in total. The second kappa shape index (κ2) is 9.68. The van der Waals surface area contributed by atoms with Crippen molar-refractivity contribution in [3.8, 4) is 0 Å². The number of anilines is 2. The van der Waals surface area contributed by atoms with Crippen molar-refractivity contribution in [2.24, 2.45) is 5.73 Å². The maximum atomic E-state index is 13.1. The molecule has 3 aromatic rings. The number of rotatable bonds is 7. The molecule has 0 aromatic heterocycles. The van der Waals surface area contributed by atoms with Crippen LogP contribution in [0.3, 0.4) is 0 Å². The molecule has 4 rings (SSSR count). The molecule has 1 aliphatic heterocycles. The summed E-state index contributed by atoms with van der Waals surface area (Å²) in [7, 11) is 4.06. The topological polar surface area (TPSA) is 99.5 Å². The Morgan fingerprint density at radius 3 is 2.36 bits per heavy atom. The molecular weight excluding hydrogens is 414 g/mol. The fourth-order valence-corrected chi connectivity index (χ4v) is 3.84. The summed E-state index contributed by atoms with van der Waals surface area (Å²) in [5, 5.41) is 8.96. The molecule has 3 aromatic carbocycles. The largest absolute Gasteiger partial charge is 0.354 e. The molecule has 1 aliphatic rings. The molecule has 0 bridgehead atoms. The summed E-state index contributed by atoms with van der Waals surface area (Å²) < 4.78 is 0. The number of amides is 2. The summed E-state index contributed by atoms with van der Waals surface area (Å²) in [5.74, 6) is -0.512. The van der Waals surface area contributed by atoms with E-state index in [1.54, 1.807) is 18.2 Å². The Balaban J connectivity index is 1.80. The van der Waals surface area contributed by atoms with E-state index in [0.29, 0.717) is 28.1 Å². The zero-order chi connectivity index (χ0) is 23.4. The van der Waals surface area contributed by atoms with E-state index in [4.69, 9.17) is 5.73 Å². The van der Waals surface area contributed by atoms with Crippen LogP contribution in [0.5, 0.6) is 0 Å². The summed E-state index contributed by atoms with van der Waals surface area (Å²) in [4.78, 5) is 27.5. The van der Waals surface area contributed by atoms with Crippen molar-refractivity contribution in [2.45, 2.75) is 6.54 Å². The van der Waals surface area contributed by atoms with Gasteiger partial charge in [0.05, 0.1) is 17.9 Å². The van der Waals surface area contributed by atoms with Gasteiger partial charge in [0, 0.05) is 29.0 Å². The summed E-state index contributed by atoms with van der Waals surface area (Å²) in [5.41, 5.74) is 11.3. The van der Waals surface area contributed by atoms with Crippen molar-refractivity contribution in [3.63, 3.8) is 0 Å². The SMILES string of the molecule is CN(C)Cc1ccc(NC(=C2C(=O)Nc3ccc(C(=O)NCN)cc32)c2ccccc2)cc1. The Morgan fingerprint density at radius 2 is 1.70 bits per heavy atom. The van der Waals surface area contributed by atoms with Gasteiger partial charge in [-0.05, 0) is 55.6 Å². The van der Waals surface area contributed by atoms with Crippen LogP contribution < -0.4 is 21.7 Å². The summed E-state index contributed by atoms with van der Waals surface area (Å²) in [6.07, 6.45) is 0. The van der Waals surface area contributed by atoms with Gasteiger partial charge in [-0.3, -0.25) is 9.59 Å². The Bertz CT molecular complexity index is 1200. The third-order valence-corrected chi connectivity index (χ3v) is 5.32. The highest BCUT2D eigenvalue weighted by Crippen LogP contribution is 2.38. The van der Waals surface area contributed by atoms with Gasteiger partial charge >= 0.3 is 0 Å². The number of carbonyl (C=O) groups is 2. The van der Waals surface area contributed by atoms with Gasteiger partial charge in [-0.1, -0.05) is 42.5 Å². The van der Waals surface area contributed by atoms with Crippen LogP contribution in [-0.2, 0) is 11.3 Å². The van der Waals surface area contributed by atoms with Gasteiger partial charge < -0.3 is 26.6 Å². The van der Waals surface area contributed by atoms with Crippen LogP contribution in [0.1, 0.15) is 27.0 Å². The number of nitrogens with two attached hydrogens (primary N) is 1. The predicted octanol–water partition coefficient (Wildman–Crippen LogP) is 3.33. The average Bonchev–Trinajstić information content (AvgIpc) is 3.13. The van der Waals surface area contributed by atoms with Crippen LogP contribution >= 0.6 is 0 Å². The highest BCUT2D eigenvalue weighted by Gasteiger charge is 2.29.